The molecule has 0 bridgehead atoms. The molecule has 0 spiro atoms. The molecule has 1 N–H and O–H groups in total. The topological polar surface area (TPSA) is 65.8 Å². The van der Waals surface area contributed by atoms with Gasteiger partial charge in [0.25, 0.3) is 0 Å². The molecule has 0 radical (unpaired) electrons. The maximum atomic E-state index is 11.8. The van der Waals surface area contributed by atoms with Crippen molar-refractivity contribution in [2.45, 2.75) is 6.54 Å². The summed E-state index contributed by atoms with van der Waals surface area (Å²) in [6.07, 6.45) is 5.58. The highest BCUT2D eigenvalue weighted by molar-refractivity contribution is 5.84. The van der Waals surface area contributed by atoms with E-state index in [2.05, 4.69) is 22.0 Å². The number of likely N-dealkylation sites (N-methyl/N-ethyl adjacent to an activating group) is 1. The van der Waals surface area contributed by atoms with Gasteiger partial charge in [-0.3, -0.25) is 4.79 Å². The molecular weight excluding hydrogens is 328 g/mol. The highest BCUT2D eigenvalue weighted by atomic mass is 16.2. The number of hydrogen-bond donors (Lipinski definition) is 1. The highest BCUT2D eigenvalue weighted by Crippen LogP contribution is 2.09. The number of nitrogens with zero attached hydrogens (tertiary/aromatic N) is 5. The largest absolute Gasteiger partial charge is 0.353 e. The molecule has 1 heterocycles. The van der Waals surface area contributed by atoms with Crippen molar-refractivity contribution in [3.63, 3.8) is 0 Å². The van der Waals surface area contributed by atoms with Gasteiger partial charge in [-0.1, -0.05) is 24.3 Å². The average Bonchev–Trinajstić information content (AvgIpc) is 3.10. The molecule has 7 nitrogen and oxygen atoms in total. The van der Waals surface area contributed by atoms with Crippen LogP contribution in [0.2, 0.25) is 0 Å². The molecule has 0 aliphatic rings. The molecule has 0 unspecified atom stereocenters. The number of guanidine groups is 1. The molecule has 0 aliphatic carbocycles. The summed E-state index contributed by atoms with van der Waals surface area (Å²) in [6.45, 7) is 5.00. The Morgan fingerprint density at radius 2 is 2.04 bits per heavy atom. The van der Waals surface area contributed by atoms with Crippen molar-refractivity contribution in [2.75, 3.05) is 34.2 Å². The van der Waals surface area contributed by atoms with Crippen molar-refractivity contribution in [2.24, 2.45) is 4.99 Å². The van der Waals surface area contributed by atoms with Gasteiger partial charge < -0.3 is 15.1 Å². The van der Waals surface area contributed by atoms with E-state index in [1.807, 2.05) is 59.4 Å². The number of aromatic nitrogens is 2. The predicted molar refractivity (Wildman–Crippen MR) is 104 cm³/mol. The maximum Gasteiger partial charge on any atom is 0.243 e. The first-order chi connectivity index (χ1) is 12.5. The van der Waals surface area contributed by atoms with Gasteiger partial charge in [-0.15, -0.1) is 6.58 Å². The number of rotatable bonds is 7. The van der Waals surface area contributed by atoms with Crippen molar-refractivity contribution < 1.29 is 4.79 Å². The molecule has 2 rings (SSSR count). The average molecular weight is 354 g/mol. The zero-order valence-corrected chi connectivity index (χ0v) is 15.6. The van der Waals surface area contributed by atoms with Gasteiger partial charge in [0.1, 0.15) is 6.54 Å². The molecule has 0 saturated heterocycles. The number of amides is 1. The smallest absolute Gasteiger partial charge is 0.243 e. The van der Waals surface area contributed by atoms with Crippen LogP contribution in [0.25, 0.3) is 5.69 Å². The van der Waals surface area contributed by atoms with Crippen LogP contribution in [0.1, 0.15) is 5.56 Å². The van der Waals surface area contributed by atoms with Crippen LogP contribution in [0.3, 0.4) is 0 Å². The van der Waals surface area contributed by atoms with Crippen LogP contribution in [-0.4, -0.2) is 65.7 Å². The Morgan fingerprint density at radius 1 is 1.31 bits per heavy atom. The van der Waals surface area contributed by atoms with Gasteiger partial charge in [-0.05, 0) is 12.1 Å². The van der Waals surface area contributed by atoms with E-state index in [-0.39, 0.29) is 12.5 Å². The fourth-order valence-corrected chi connectivity index (χ4v) is 2.27. The minimum absolute atomic E-state index is 0.0480. The maximum absolute atomic E-state index is 11.8. The number of hydrogen-bond acceptors (Lipinski definition) is 3. The van der Waals surface area contributed by atoms with Gasteiger partial charge in [0.05, 0.1) is 11.9 Å². The number of aliphatic imine (C=N–C) groups is 1. The summed E-state index contributed by atoms with van der Waals surface area (Å²) < 4.78 is 1.84. The summed E-state index contributed by atoms with van der Waals surface area (Å²) in [5, 5.41) is 7.59. The lowest BCUT2D eigenvalue weighted by Crippen LogP contribution is -2.39. The van der Waals surface area contributed by atoms with E-state index in [4.69, 9.17) is 0 Å². The summed E-state index contributed by atoms with van der Waals surface area (Å²) >= 11 is 0. The second kappa shape index (κ2) is 9.41. The van der Waals surface area contributed by atoms with Crippen LogP contribution >= 0.6 is 0 Å². The second-order valence-electron chi connectivity index (χ2n) is 6.08. The van der Waals surface area contributed by atoms with Crippen molar-refractivity contribution in [1.82, 2.24) is 24.9 Å². The lowest BCUT2D eigenvalue weighted by molar-refractivity contribution is -0.127. The van der Waals surface area contributed by atoms with Crippen molar-refractivity contribution in [3.05, 3.63) is 60.9 Å². The third-order valence-corrected chi connectivity index (χ3v) is 3.71. The molecule has 1 aromatic heterocycles. The summed E-state index contributed by atoms with van der Waals surface area (Å²) in [4.78, 5) is 19.7. The molecule has 1 aromatic carbocycles. The number of carbonyl (C=O) groups is 1. The van der Waals surface area contributed by atoms with Crippen LogP contribution in [0.5, 0.6) is 0 Å². The molecule has 7 heteroatoms. The van der Waals surface area contributed by atoms with Crippen LogP contribution in [0.15, 0.2) is 60.4 Å². The minimum atomic E-state index is -0.0480. The Kier molecular flexibility index (Phi) is 6.96. The predicted octanol–water partition coefficient (Wildman–Crippen LogP) is 1.52. The first-order valence-corrected chi connectivity index (χ1v) is 8.40. The molecule has 0 fully saturated rings. The van der Waals surface area contributed by atoms with E-state index in [1.54, 1.807) is 20.2 Å². The van der Waals surface area contributed by atoms with E-state index < -0.39 is 0 Å². The molecule has 2 aromatic rings. The Balaban J connectivity index is 2.07. The van der Waals surface area contributed by atoms with E-state index in [9.17, 15) is 4.79 Å². The second-order valence-corrected chi connectivity index (χ2v) is 6.08. The Hall–Kier alpha value is -3.09. The summed E-state index contributed by atoms with van der Waals surface area (Å²) in [7, 11) is 5.36. The fourth-order valence-electron chi connectivity index (χ4n) is 2.27. The number of carbonyl (C=O) groups excluding carboxylic acids is 1. The molecular formula is C19H26N6O. The van der Waals surface area contributed by atoms with Gasteiger partial charge in [0, 0.05) is 46.0 Å². The summed E-state index contributed by atoms with van der Waals surface area (Å²) in [5.41, 5.74) is 2.06. The number of para-hydroxylation sites is 1. The SMILES string of the molecule is C=CCNC(=NCC(=O)N(C)C)N(C)Cc1cnn(-c2ccccc2)c1. The van der Waals surface area contributed by atoms with E-state index in [0.29, 0.717) is 19.0 Å². The van der Waals surface area contributed by atoms with Crippen LogP contribution in [0.4, 0.5) is 0 Å². The van der Waals surface area contributed by atoms with Gasteiger partial charge in [0.2, 0.25) is 5.91 Å². The third-order valence-electron chi connectivity index (χ3n) is 3.71. The van der Waals surface area contributed by atoms with E-state index in [1.165, 1.54) is 4.90 Å². The molecule has 26 heavy (non-hydrogen) atoms. The molecule has 0 saturated carbocycles. The van der Waals surface area contributed by atoms with E-state index >= 15 is 0 Å². The summed E-state index contributed by atoms with van der Waals surface area (Å²) in [5.74, 6) is 0.598. The van der Waals surface area contributed by atoms with Crippen LogP contribution in [-0.2, 0) is 11.3 Å². The number of nitrogens with one attached hydrogen (secondary N) is 1. The Labute approximate surface area is 154 Å². The normalized spacial score (nSPS) is 11.1. The molecule has 1 amide bonds. The van der Waals surface area contributed by atoms with Gasteiger partial charge in [-0.2, -0.15) is 5.10 Å². The van der Waals surface area contributed by atoms with Crippen LogP contribution < -0.4 is 5.32 Å². The standard InChI is InChI=1S/C19H26N6O/c1-5-11-20-19(21-13-18(26)23(2)3)24(4)14-16-12-22-25(15-16)17-9-7-6-8-10-17/h5-10,12,15H,1,11,13-14H2,2-4H3,(H,20,21). The fraction of sp³-hybridized carbons (Fsp3) is 0.316. The van der Waals surface area contributed by atoms with Crippen molar-refractivity contribution >= 4 is 11.9 Å². The quantitative estimate of drug-likeness (QED) is 0.465. The number of benzene rings is 1. The molecule has 138 valence electrons. The Morgan fingerprint density at radius 3 is 2.69 bits per heavy atom. The van der Waals surface area contributed by atoms with Gasteiger partial charge in [-0.25, -0.2) is 9.67 Å². The van der Waals surface area contributed by atoms with Crippen molar-refractivity contribution in [3.8, 4) is 5.69 Å². The molecule has 0 atom stereocenters. The molecule has 0 aliphatic heterocycles. The third kappa shape index (κ3) is 5.47. The Bertz CT molecular complexity index is 750. The van der Waals surface area contributed by atoms with E-state index in [0.717, 1.165) is 11.3 Å². The first-order valence-electron chi connectivity index (χ1n) is 8.40. The lowest BCUT2D eigenvalue weighted by atomic mass is 10.3. The van der Waals surface area contributed by atoms with Gasteiger partial charge in [0.15, 0.2) is 5.96 Å². The zero-order valence-electron chi connectivity index (χ0n) is 15.6. The summed E-state index contributed by atoms with van der Waals surface area (Å²) in [6, 6.07) is 9.95. The first kappa shape index (κ1) is 19.2. The van der Waals surface area contributed by atoms with Crippen molar-refractivity contribution in [1.29, 1.82) is 0 Å². The monoisotopic (exact) mass is 354 g/mol. The zero-order chi connectivity index (χ0) is 18.9. The highest BCUT2D eigenvalue weighted by Gasteiger charge is 2.10. The minimum Gasteiger partial charge on any atom is -0.353 e. The van der Waals surface area contributed by atoms with Gasteiger partial charge >= 0.3 is 0 Å². The lowest BCUT2D eigenvalue weighted by Gasteiger charge is -2.21. The van der Waals surface area contributed by atoms with Crippen LogP contribution in [0, 0.1) is 0 Å².